The van der Waals surface area contributed by atoms with Gasteiger partial charge in [0.15, 0.2) is 6.10 Å². The van der Waals surface area contributed by atoms with Crippen LogP contribution in [0.5, 0.6) is 0 Å². The fourth-order valence-corrected chi connectivity index (χ4v) is 3.06. The lowest BCUT2D eigenvalue weighted by Gasteiger charge is -2.20. The SMILES string of the molecule is C.C.C.C.CCC=CCC=CCC(=O)OCC(COP(=O)(O)OCC(N)C(=O)[O-])OC(=O)CC=CCC=CCC. The zero-order chi connectivity index (χ0) is 27.2. The van der Waals surface area contributed by atoms with Gasteiger partial charge >= 0.3 is 19.8 Å². The van der Waals surface area contributed by atoms with Gasteiger partial charge in [-0.2, -0.15) is 0 Å². The molecule has 0 aromatic carbocycles. The molecule has 0 aliphatic heterocycles. The van der Waals surface area contributed by atoms with E-state index in [0.717, 1.165) is 12.8 Å². The van der Waals surface area contributed by atoms with E-state index in [-0.39, 0.29) is 42.5 Å². The van der Waals surface area contributed by atoms with Crippen molar-refractivity contribution in [2.45, 2.75) is 94.2 Å². The minimum atomic E-state index is -4.74. The van der Waals surface area contributed by atoms with Crippen LogP contribution in [0, 0.1) is 0 Å². The predicted molar refractivity (Wildman–Crippen MR) is 158 cm³/mol. The number of nitrogens with two attached hydrogens (primary N) is 1. The summed E-state index contributed by atoms with van der Waals surface area (Å²) in [5.41, 5.74) is 5.16. The maximum Gasteiger partial charge on any atom is 0.472 e. The molecule has 3 unspecified atom stereocenters. The van der Waals surface area contributed by atoms with Gasteiger partial charge in [-0.1, -0.05) is 92.2 Å². The third-order valence-electron chi connectivity index (χ3n) is 4.12. The Hall–Kier alpha value is -2.56. The van der Waals surface area contributed by atoms with Crippen LogP contribution in [0.15, 0.2) is 48.6 Å². The smallest absolute Gasteiger partial charge is 0.472 e. The van der Waals surface area contributed by atoms with Gasteiger partial charge in [-0.15, -0.1) is 0 Å². The number of carbonyl (C=O) groups is 3. The Kier molecular flexibility index (Phi) is 34.8. The minimum absolute atomic E-state index is 0. The van der Waals surface area contributed by atoms with E-state index in [0.29, 0.717) is 12.8 Å². The van der Waals surface area contributed by atoms with Crippen molar-refractivity contribution in [2.24, 2.45) is 5.73 Å². The van der Waals surface area contributed by atoms with E-state index in [1.807, 2.05) is 38.2 Å². The number of hydrogen-bond acceptors (Lipinski definition) is 10. The summed E-state index contributed by atoms with van der Waals surface area (Å²) in [5.74, 6) is -2.95. The lowest BCUT2D eigenvalue weighted by atomic mass is 10.3. The third-order valence-corrected chi connectivity index (χ3v) is 5.07. The summed E-state index contributed by atoms with van der Waals surface area (Å²) in [5, 5.41) is 10.6. The highest BCUT2D eigenvalue weighted by atomic mass is 31.2. The molecule has 3 atom stereocenters. The van der Waals surface area contributed by atoms with Gasteiger partial charge in [0.25, 0.3) is 0 Å². The van der Waals surface area contributed by atoms with Crippen LogP contribution < -0.4 is 10.8 Å². The summed E-state index contributed by atoms with van der Waals surface area (Å²) in [6, 6.07) is -1.65. The molecule has 0 fully saturated rings. The van der Waals surface area contributed by atoms with Gasteiger partial charge in [0.2, 0.25) is 0 Å². The Morgan fingerprint density at radius 1 is 0.775 bits per heavy atom. The van der Waals surface area contributed by atoms with Gasteiger partial charge in [0.05, 0.1) is 38.1 Å². The number of esters is 2. The van der Waals surface area contributed by atoms with Gasteiger partial charge in [0.1, 0.15) is 6.61 Å². The van der Waals surface area contributed by atoms with Crippen LogP contribution in [0.3, 0.4) is 0 Å². The van der Waals surface area contributed by atoms with Crippen molar-refractivity contribution in [3.05, 3.63) is 48.6 Å². The van der Waals surface area contributed by atoms with Crippen LogP contribution >= 0.6 is 7.82 Å². The molecule has 236 valence electrons. The Balaban J connectivity index is -0.00000102. The van der Waals surface area contributed by atoms with Crippen molar-refractivity contribution in [3.63, 3.8) is 0 Å². The molecule has 0 spiro atoms. The molecule has 0 rings (SSSR count). The van der Waals surface area contributed by atoms with Crippen molar-refractivity contribution < 1.29 is 47.5 Å². The lowest BCUT2D eigenvalue weighted by molar-refractivity contribution is -0.308. The third kappa shape index (κ3) is 28.4. The second kappa shape index (κ2) is 29.4. The normalized spacial score (nSPS) is 13.9. The molecule has 0 aliphatic rings. The number of phosphoric ester groups is 1. The topological polar surface area (TPSA) is 175 Å². The number of ether oxygens (including phenoxy) is 2. The van der Waals surface area contributed by atoms with E-state index in [1.165, 1.54) is 0 Å². The van der Waals surface area contributed by atoms with Crippen LogP contribution in [0.25, 0.3) is 0 Å². The molecule has 0 amide bonds. The summed E-state index contributed by atoms with van der Waals surface area (Å²) >= 11 is 0. The maximum atomic E-state index is 12.1. The van der Waals surface area contributed by atoms with E-state index in [1.54, 1.807) is 24.3 Å². The number of carbonyl (C=O) groups excluding carboxylic acids is 3. The highest BCUT2D eigenvalue weighted by Gasteiger charge is 2.27. The fraction of sp³-hybridized carbons (Fsp3) is 0.607. The van der Waals surface area contributed by atoms with Crippen molar-refractivity contribution in [1.82, 2.24) is 0 Å². The Morgan fingerprint density at radius 3 is 1.70 bits per heavy atom. The Morgan fingerprint density at radius 2 is 1.23 bits per heavy atom. The first-order valence-corrected chi connectivity index (χ1v) is 13.1. The Labute approximate surface area is 241 Å². The molecule has 0 saturated heterocycles. The average Bonchev–Trinajstić information content (AvgIpc) is 2.83. The average molecular weight is 595 g/mol. The molecule has 0 heterocycles. The first-order valence-electron chi connectivity index (χ1n) is 11.6. The van der Waals surface area contributed by atoms with Crippen LogP contribution in [0.4, 0.5) is 0 Å². The number of aliphatic carboxylic acids is 1. The van der Waals surface area contributed by atoms with Crippen LogP contribution in [-0.2, 0) is 37.5 Å². The van der Waals surface area contributed by atoms with E-state index >= 15 is 0 Å². The van der Waals surface area contributed by atoms with Crippen molar-refractivity contribution in [2.75, 3.05) is 19.8 Å². The first kappa shape index (κ1) is 47.2. The highest BCUT2D eigenvalue weighted by Crippen LogP contribution is 2.43. The van der Waals surface area contributed by atoms with Crippen molar-refractivity contribution in [1.29, 1.82) is 0 Å². The molecule has 0 aromatic heterocycles. The standard InChI is InChI=1S/C24H38NO10P.4CH4/c1-3-5-7-9-11-13-15-22(26)32-17-20(35-23(27)16-14-12-10-8-6-4-2)18-33-36(30,31)34-19-21(25)24(28)29;;;;/h5-8,11-14,20-21H,3-4,9-10,15-19,25H2,1-2H3,(H,28,29)(H,30,31);4*1H4/p-1. The highest BCUT2D eigenvalue weighted by molar-refractivity contribution is 7.47. The number of carboxylic acid groups (broad SMARTS) is 1. The number of allylic oxidation sites excluding steroid dienone is 6. The number of hydrogen-bond donors (Lipinski definition) is 2. The molecule has 12 heteroatoms. The predicted octanol–water partition coefficient (Wildman–Crippen LogP) is 4.80. The van der Waals surface area contributed by atoms with E-state index < -0.39 is 57.7 Å². The maximum absolute atomic E-state index is 12.1. The van der Waals surface area contributed by atoms with Gasteiger partial charge in [-0.3, -0.25) is 18.6 Å². The summed E-state index contributed by atoms with van der Waals surface area (Å²) in [6.45, 7) is 2.08. The Bertz CT molecular complexity index is 824. The van der Waals surface area contributed by atoms with Crippen molar-refractivity contribution >= 4 is 25.7 Å². The summed E-state index contributed by atoms with van der Waals surface area (Å²) in [6.07, 6.45) is 16.5. The van der Waals surface area contributed by atoms with Crippen molar-refractivity contribution in [3.8, 4) is 0 Å². The number of carboxylic acids is 1. The van der Waals surface area contributed by atoms with Crippen LogP contribution in [0.1, 0.15) is 82.1 Å². The lowest BCUT2D eigenvalue weighted by Crippen LogP contribution is -2.44. The zero-order valence-corrected chi connectivity index (χ0v) is 21.7. The fourth-order valence-electron chi connectivity index (χ4n) is 2.29. The molecule has 0 bridgehead atoms. The zero-order valence-electron chi connectivity index (χ0n) is 20.8. The monoisotopic (exact) mass is 594 g/mol. The number of rotatable bonds is 20. The molecule has 0 radical (unpaired) electrons. The molecule has 11 nitrogen and oxygen atoms in total. The van der Waals surface area contributed by atoms with E-state index in [2.05, 4.69) is 4.52 Å². The molecule has 3 N–H and O–H groups in total. The van der Waals surface area contributed by atoms with Gasteiger partial charge < -0.3 is 30.0 Å². The molecule has 0 saturated carbocycles. The van der Waals surface area contributed by atoms with Gasteiger partial charge in [-0.25, -0.2) is 4.57 Å². The second-order valence-corrected chi connectivity index (χ2v) is 8.82. The molecule has 0 aromatic rings. The van der Waals surface area contributed by atoms with E-state index in [4.69, 9.17) is 19.7 Å². The van der Waals surface area contributed by atoms with E-state index in [9.17, 15) is 28.9 Å². The second-order valence-electron chi connectivity index (χ2n) is 7.36. The minimum Gasteiger partial charge on any atom is -0.548 e. The molecular weight excluding hydrogens is 541 g/mol. The quantitative estimate of drug-likeness (QED) is 0.112. The number of phosphoric acid groups is 1. The summed E-state index contributed by atoms with van der Waals surface area (Å²) < 4.78 is 31.5. The first-order chi connectivity index (χ1) is 17.1. The van der Waals surface area contributed by atoms with Crippen LogP contribution in [-0.4, -0.2) is 54.8 Å². The largest absolute Gasteiger partial charge is 0.548 e. The van der Waals surface area contributed by atoms with Crippen LogP contribution in [0.2, 0.25) is 0 Å². The van der Waals surface area contributed by atoms with Gasteiger partial charge in [0, 0.05) is 0 Å². The molecule has 0 aliphatic carbocycles. The molecule has 40 heavy (non-hydrogen) atoms. The summed E-state index contributed by atoms with van der Waals surface area (Å²) in [7, 11) is -4.74. The summed E-state index contributed by atoms with van der Waals surface area (Å²) in [4.78, 5) is 44.4. The molecular formula is C28H53NO10P-. The van der Waals surface area contributed by atoms with Gasteiger partial charge in [-0.05, 0) is 25.7 Å².